The number of allylic oxidation sites excluding steroid dienone is 7. The Morgan fingerprint density at radius 1 is 1.08 bits per heavy atom. The van der Waals surface area contributed by atoms with Crippen LogP contribution >= 0.6 is 0 Å². The van der Waals surface area contributed by atoms with Crippen LogP contribution in [0.5, 0.6) is 0 Å². The Kier molecular flexibility index (Phi) is 5.21. The Bertz CT molecular complexity index is 741. The number of hydrogen-bond donors (Lipinski definition) is 1. The number of aliphatic hydroxyl groups is 1. The molecule has 0 radical (unpaired) electrons. The van der Waals surface area contributed by atoms with Gasteiger partial charge in [-0.3, -0.25) is 0 Å². The van der Waals surface area contributed by atoms with Gasteiger partial charge in [0, 0.05) is 25.1 Å². The van der Waals surface area contributed by atoms with Gasteiger partial charge in [-0.05, 0) is 37.1 Å². The molecule has 1 aromatic rings. The number of nitrogens with zero attached hydrogens (tertiary/aromatic N) is 3. The van der Waals surface area contributed by atoms with Crippen molar-refractivity contribution in [1.29, 1.82) is 0 Å². The molecule has 2 aliphatic rings. The Balaban J connectivity index is 1.98. The van der Waals surface area contributed by atoms with Gasteiger partial charge in [0.05, 0.1) is 12.0 Å². The Hall–Kier alpha value is -2.69. The summed E-state index contributed by atoms with van der Waals surface area (Å²) in [6, 6.07) is 0. The lowest BCUT2D eigenvalue weighted by atomic mass is 10.1. The Morgan fingerprint density at radius 3 is 2.67 bits per heavy atom. The van der Waals surface area contributed by atoms with Crippen molar-refractivity contribution in [1.82, 2.24) is 9.97 Å². The van der Waals surface area contributed by atoms with E-state index in [2.05, 4.69) is 14.9 Å². The van der Waals surface area contributed by atoms with Crippen molar-refractivity contribution in [3.63, 3.8) is 0 Å². The molecular weight excluding hydrogens is 305 g/mol. The number of fused-ring (bicyclic) bond motifs is 1. The van der Waals surface area contributed by atoms with Crippen molar-refractivity contribution < 1.29 is 9.50 Å². The predicted molar refractivity (Wildman–Crippen MR) is 95.4 cm³/mol. The van der Waals surface area contributed by atoms with Crippen molar-refractivity contribution in [3.8, 4) is 0 Å². The summed E-state index contributed by atoms with van der Waals surface area (Å²) in [7, 11) is 0. The van der Waals surface area contributed by atoms with E-state index in [1.165, 1.54) is 18.2 Å². The van der Waals surface area contributed by atoms with Crippen LogP contribution < -0.4 is 4.90 Å². The van der Waals surface area contributed by atoms with E-state index in [0.29, 0.717) is 12.2 Å². The van der Waals surface area contributed by atoms with Gasteiger partial charge in [0.1, 0.15) is 11.6 Å². The summed E-state index contributed by atoms with van der Waals surface area (Å²) in [5.74, 6) is 1.16. The summed E-state index contributed by atoms with van der Waals surface area (Å²) < 4.78 is 13.9. The standard InChI is InChI=1S/C19H20FN3O/c20-15-8-7-9-17-16(14-15)19(23-11-4-5-12-23)22-18(21-17)10-3-1-2-6-13-24/h1-3,6-8,10,13-14,24H,4-5,9,11-12H2/b2-1-,10-3+,13-6+. The lowest BCUT2D eigenvalue weighted by Gasteiger charge is -2.20. The molecule has 0 bridgehead atoms. The molecule has 1 N–H and O–H groups in total. The minimum Gasteiger partial charge on any atom is -0.516 e. The highest BCUT2D eigenvalue weighted by Gasteiger charge is 2.21. The molecule has 1 saturated heterocycles. The second-order valence-electron chi connectivity index (χ2n) is 5.68. The summed E-state index contributed by atoms with van der Waals surface area (Å²) in [5, 5.41) is 8.59. The van der Waals surface area contributed by atoms with Crippen LogP contribution in [0.25, 0.3) is 12.2 Å². The second-order valence-corrected chi connectivity index (χ2v) is 5.68. The predicted octanol–water partition coefficient (Wildman–Crippen LogP) is 4.14. The molecule has 3 rings (SSSR count). The first-order valence-electron chi connectivity index (χ1n) is 8.11. The van der Waals surface area contributed by atoms with E-state index in [1.807, 2.05) is 12.2 Å². The molecule has 5 heteroatoms. The molecule has 2 heterocycles. The Labute approximate surface area is 141 Å². The number of anilines is 1. The maximum Gasteiger partial charge on any atom is 0.154 e. The number of halogens is 1. The van der Waals surface area contributed by atoms with Crippen LogP contribution in [0, 0.1) is 0 Å². The fourth-order valence-electron chi connectivity index (χ4n) is 2.86. The number of aromatic nitrogens is 2. The highest BCUT2D eigenvalue weighted by atomic mass is 19.1. The maximum absolute atomic E-state index is 13.9. The molecule has 1 aromatic heterocycles. The smallest absolute Gasteiger partial charge is 0.154 e. The van der Waals surface area contributed by atoms with E-state index in [4.69, 9.17) is 5.11 Å². The van der Waals surface area contributed by atoms with Gasteiger partial charge in [0.15, 0.2) is 5.82 Å². The summed E-state index contributed by atoms with van der Waals surface area (Å²) in [6.07, 6.45) is 17.3. The third-order valence-corrected chi connectivity index (χ3v) is 3.96. The van der Waals surface area contributed by atoms with Crippen LogP contribution in [-0.2, 0) is 6.42 Å². The van der Waals surface area contributed by atoms with Crippen molar-refractivity contribution in [2.24, 2.45) is 0 Å². The van der Waals surface area contributed by atoms with Crippen LogP contribution in [0.1, 0.15) is 29.9 Å². The van der Waals surface area contributed by atoms with E-state index < -0.39 is 0 Å². The molecule has 0 atom stereocenters. The molecule has 1 fully saturated rings. The second kappa shape index (κ2) is 7.73. The van der Waals surface area contributed by atoms with Crippen molar-refractivity contribution in [3.05, 3.63) is 65.6 Å². The molecule has 0 unspecified atom stereocenters. The van der Waals surface area contributed by atoms with Crippen LogP contribution in [0.4, 0.5) is 10.2 Å². The van der Waals surface area contributed by atoms with E-state index in [1.54, 1.807) is 18.2 Å². The first-order chi connectivity index (χ1) is 11.8. The van der Waals surface area contributed by atoms with E-state index in [-0.39, 0.29) is 5.83 Å². The van der Waals surface area contributed by atoms with Crippen LogP contribution in [0.3, 0.4) is 0 Å². The number of rotatable bonds is 4. The average Bonchev–Trinajstić information content (AvgIpc) is 3.04. The first-order valence-corrected chi connectivity index (χ1v) is 8.11. The van der Waals surface area contributed by atoms with E-state index in [0.717, 1.165) is 49.3 Å². The zero-order valence-electron chi connectivity index (χ0n) is 13.4. The van der Waals surface area contributed by atoms with Gasteiger partial charge in [-0.25, -0.2) is 14.4 Å². The van der Waals surface area contributed by atoms with Crippen molar-refractivity contribution in [2.45, 2.75) is 19.3 Å². The molecule has 0 spiro atoms. The Morgan fingerprint density at radius 2 is 1.88 bits per heavy atom. The summed E-state index contributed by atoms with van der Waals surface area (Å²) >= 11 is 0. The van der Waals surface area contributed by atoms with Gasteiger partial charge in [0.25, 0.3) is 0 Å². The van der Waals surface area contributed by atoms with Crippen LogP contribution in [-0.4, -0.2) is 28.2 Å². The quantitative estimate of drug-likeness (QED) is 0.668. The van der Waals surface area contributed by atoms with Gasteiger partial charge >= 0.3 is 0 Å². The molecule has 0 amide bonds. The van der Waals surface area contributed by atoms with E-state index >= 15 is 0 Å². The molecule has 1 aliphatic heterocycles. The van der Waals surface area contributed by atoms with Crippen LogP contribution in [0.15, 0.2) is 48.5 Å². The summed E-state index contributed by atoms with van der Waals surface area (Å²) in [4.78, 5) is 11.4. The fourth-order valence-corrected chi connectivity index (χ4v) is 2.86. The number of hydrogen-bond acceptors (Lipinski definition) is 4. The molecule has 0 saturated carbocycles. The van der Waals surface area contributed by atoms with Crippen molar-refractivity contribution in [2.75, 3.05) is 18.0 Å². The van der Waals surface area contributed by atoms with Gasteiger partial charge in [-0.2, -0.15) is 0 Å². The highest BCUT2D eigenvalue weighted by molar-refractivity contribution is 5.70. The molecule has 4 nitrogen and oxygen atoms in total. The maximum atomic E-state index is 13.9. The average molecular weight is 325 g/mol. The van der Waals surface area contributed by atoms with Crippen molar-refractivity contribution >= 4 is 18.0 Å². The zero-order chi connectivity index (χ0) is 16.8. The molecule has 124 valence electrons. The highest BCUT2D eigenvalue weighted by Crippen LogP contribution is 2.29. The lowest BCUT2D eigenvalue weighted by molar-refractivity contribution is 0.474. The van der Waals surface area contributed by atoms with Gasteiger partial charge in [-0.15, -0.1) is 0 Å². The monoisotopic (exact) mass is 325 g/mol. The fraction of sp³-hybridized carbons (Fsp3) is 0.263. The normalized spacial score (nSPS) is 17.9. The largest absolute Gasteiger partial charge is 0.516 e. The van der Waals surface area contributed by atoms with Gasteiger partial charge < -0.3 is 10.0 Å². The molecule has 0 aromatic carbocycles. The minimum atomic E-state index is -0.264. The van der Waals surface area contributed by atoms with E-state index in [9.17, 15) is 4.39 Å². The topological polar surface area (TPSA) is 49.3 Å². The number of aliphatic hydroxyl groups excluding tert-OH is 1. The third kappa shape index (κ3) is 3.79. The summed E-state index contributed by atoms with van der Waals surface area (Å²) in [6.45, 7) is 1.88. The lowest BCUT2D eigenvalue weighted by Crippen LogP contribution is -2.21. The first kappa shape index (κ1) is 16.2. The third-order valence-electron chi connectivity index (χ3n) is 3.96. The van der Waals surface area contributed by atoms with Crippen LogP contribution in [0.2, 0.25) is 0 Å². The zero-order valence-corrected chi connectivity index (χ0v) is 13.4. The SMILES string of the molecule is O/C=C/C=C\C=C\c1nc2c(c(N3CCCC3)n1)C=C(F)C=CC2. The van der Waals surface area contributed by atoms with Gasteiger partial charge in [0.2, 0.25) is 0 Å². The molecular formula is C19H20FN3O. The molecule has 24 heavy (non-hydrogen) atoms. The minimum absolute atomic E-state index is 0.264. The summed E-state index contributed by atoms with van der Waals surface area (Å²) in [5.41, 5.74) is 1.63. The molecule has 1 aliphatic carbocycles. The van der Waals surface area contributed by atoms with Gasteiger partial charge in [-0.1, -0.05) is 24.3 Å².